The molecule has 0 aromatic heterocycles. The molecule has 1 fully saturated rings. The van der Waals surface area contributed by atoms with Gasteiger partial charge in [-0.3, -0.25) is 4.99 Å². The van der Waals surface area contributed by atoms with E-state index in [1.165, 1.54) is 5.75 Å². The van der Waals surface area contributed by atoms with Crippen molar-refractivity contribution in [3.63, 3.8) is 0 Å². The van der Waals surface area contributed by atoms with Crippen molar-refractivity contribution in [2.24, 2.45) is 10.7 Å². The molecular formula is C17H26N4O2S. The summed E-state index contributed by atoms with van der Waals surface area (Å²) < 4.78 is 11.3. The fourth-order valence-corrected chi connectivity index (χ4v) is 4.42. The quantitative estimate of drug-likeness (QED) is 0.639. The molecule has 2 heterocycles. The van der Waals surface area contributed by atoms with E-state index < -0.39 is 0 Å². The van der Waals surface area contributed by atoms with Gasteiger partial charge in [0.1, 0.15) is 0 Å². The van der Waals surface area contributed by atoms with Crippen LogP contribution >= 0.6 is 11.8 Å². The maximum atomic E-state index is 6.09. The van der Waals surface area contributed by atoms with Gasteiger partial charge in [0, 0.05) is 29.5 Å². The second kappa shape index (κ2) is 7.53. The van der Waals surface area contributed by atoms with Crippen LogP contribution in [0, 0.1) is 0 Å². The number of nitrogens with one attached hydrogen (secondary N) is 1. The Balaban J connectivity index is 1.66. The molecule has 0 saturated carbocycles. The number of likely N-dealkylation sites (N-methyl/N-ethyl adjacent to an activating group) is 1. The van der Waals surface area contributed by atoms with Gasteiger partial charge < -0.3 is 25.4 Å². The first-order valence-electron chi connectivity index (χ1n) is 8.31. The van der Waals surface area contributed by atoms with Gasteiger partial charge in [0.2, 0.25) is 0 Å². The second-order valence-electron chi connectivity index (χ2n) is 6.46. The highest BCUT2D eigenvalue weighted by atomic mass is 32.2. The Kier molecular flexibility index (Phi) is 5.40. The van der Waals surface area contributed by atoms with Crippen LogP contribution in [-0.4, -0.2) is 61.8 Å². The number of hydrogen-bond acceptors (Lipinski definition) is 5. The third-order valence-electron chi connectivity index (χ3n) is 4.59. The fourth-order valence-electron chi connectivity index (χ4n) is 2.88. The van der Waals surface area contributed by atoms with Crippen LogP contribution in [0.25, 0.3) is 0 Å². The minimum absolute atomic E-state index is 0.113. The van der Waals surface area contributed by atoms with Crippen molar-refractivity contribution in [1.29, 1.82) is 0 Å². The molecule has 0 amide bonds. The molecule has 2 aliphatic rings. The van der Waals surface area contributed by atoms with Crippen LogP contribution in [0.5, 0.6) is 11.5 Å². The lowest BCUT2D eigenvalue weighted by atomic mass is 9.98. The molecule has 24 heavy (non-hydrogen) atoms. The summed E-state index contributed by atoms with van der Waals surface area (Å²) in [6.45, 7) is 2.06. The van der Waals surface area contributed by atoms with E-state index in [0.29, 0.717) is 25.7 Å². The van der Waals surface area contributed by atoms with Crippen molar-refractivity contribution in [1.82, 2.24) is 4.90 Å². The summed E-state index contributed by atoms with van der Waals surface area (Å²) in [5.74, 6) is 4.25. The highest BCUT2D eigenvalue weighted by Gasteiger charge is 2.36. The zero-order valence-electron chi connectivity index (χ0n) is 14.4. The number of anilines is 1. The van der Waals surface area contributed by atoms with Gasteiger partial charge in [0.05, 0.1) is 19.8 Å². The number of guanidine groups is 1. The van der Waals surface area contributed by atoms with Crippen LogP contribution in [0.4, 0.5) is 5.69 Å². The van der Waals surface area contributed by atoms with Crippen molar-refractivity contribution in [2.45, 2.75) is 18.4 Å². The lowest BCUT2D eigenvalue weighted by Crippen LogP contribution is -2.47. The number of benzene rings is 1. The number of ether oxygens (including phenoxy) is 2. The standard InChI is InChI=1S/C17H26N4O2S/c1-21(2)17(6-9-24-12-17)11-19-16(18)20-13-4-5-14-15(10-13)23-8-3-7-22-14/h4-5,10H,3,6-9,11-12H2,1-2H3,(H3,18,19,20). The predicted octanol–water partition coefficient (Wildman–Crippen LogP) is 2.01. The highest BCUT2D eigenvalue weighted by molar-refractivity contribution is 7.99. The first-order valence-corrected chi connectivity index (χ1v) is 9.46. The summed E-state index contributed by atoms with van der Waals surface area (Å²) in [5, 5.41) is 3.16. The molecule has 0 spiro atoms. The van der Waals surface area contributed by atoms with Crippen LogP contribution in [-0.2, 0) is 0 Å². The van der Waals surface area contributed by atoms with Gasteiger partial charge >= 0.3 is 0 Å². The van der Waals surface area contributed by atoms with Crippen molar-refractivity contribution in [3.05, 3.63) is 18.2 Å². The van der Waals surface area contributed by atoms with Gasteiger partial charge in [-0.15, -0.1) is 0 Å². The molecule has 1 saturated heterocycles. The number of aliphatic imine (C=N–C) groups is 1. The molecule has 0 aliphatic carbocycles. The molecule has 1 atom stereocenters. The van der Waals surface area contributed by atoms with Gasteiger partial charge in [-0.25, -0.2) is 0 Å². The molecular weight excluding hydrogens is 324 g/mol. The maximum absolute atomic E-state index is 6.09. The van der Waals surface area contributed by atoms with Gasteiger partial charge in [-0.05, 0) is 38.4 Å². The van der Waals surface area contributed by atoms with Crippen molar-refractivity contribution >= 4 is 23.4 Å². The molecule has 6 nitrogen and oxygen atoms in total. The molecule has 7 heteroatoms. The van der Waals surface area contributed by atoms with Crippen LogP contribution in [0.1, 0.15) is 12.8 Å². The minimum atomic E-state index is 0.113. The van der Waals surface area contributed by atoms with Crippen LogP contribution < -0.4 is 20.5 Å². The summed E-state index contributed by atoms with van der Waals surface area (Å²) in [4.78, 5) is 6.86. The Labute approximate surface area is 147 Å². The number of rotatable bonds is 4. The van der Waals surface area contributed by atoms with E-state index in [-0.39, 0.29) is 5.54 Å². The van der Waals surface area contributed by atoms with Gasteiger partial charge in [-0.2, -0.15) is 11.8 Å². The molecule has 1 aromatic carbocycles. The number of fused-ring (bicyclic) bond motifs is 1. The molecule has 3 N–H and O–H groups in total. The minimum Gasteiger partial charge on any atom is -0.490 e. The van der Waals surface area contributed by atoms with Crippen molar-refractivity contribution in [3.8, 4) is 11.5 Å². The van der Waals surface area contributed by atoms with Crippen LogP contribution in [0.2, 0.25) is 0 Å². The first-order chi connectivity index (χ1) is 11.6. The molecule has 0 radical (unpaired) electrons. The van der Waals surface area contributed by atoms with Crippen molar-refractivity contribution < 1.29 is 9.47 Å². The lowest BCUT2D eigenvalue weighted by Gasteiger charge is -2.34. The van der Waals surface area contributed by atoms with Crippen LogP contribution in [0.15, 0.2) is 23.2 Å². The summed E-state index contributed by atoms with van der Waals surface area (Å²) in [6.07, 6.45) is 2.04. The monoisotopic (exact) mass is 350 g/mol. The fraction of sp³-hybridized carbons (Fsp3) is 0.588. The third kappa shape index (κ3) is 3.89. The lowest BCUT2D eigenvalue weighted by molar-refractivity contribution is 0.190. The Hall–Kier alpha value is -1.60. The zero-order valence-corrected chi connectivity index (χ0v) is 15.2. The third-order valence-corrected chi connectivity index (χ3v) is 5.83. The maximum Gasteiger partial charge on any atom is 0.193 e. The highest BCUT2D eigenvalue weighted by Crippen LogP contribution is 2.33. The van der Waals surface area contributed by atoms with Crippen LogP contribution in [0.3, 0.4) is 0 Å². The molecule has 132 valence electrons. The molecule has 3 rings (SSSR count). The van der Waals surface area contributed by atoms with E-state index in [1.807, 2.05) is 30.0 Å². The van der Waals surface area contributed by atoms with Gasteiger partial charge in [0.25, 0.3) is 0 Å². The Morgan fingerprint density at radius 1 is 1.33 bits per heavy atom. The Bertz CT molecular complexity index is 600. The molecule has 1 aromatic rings. The average molecular weight is 350 g/mol. The first kappa shape index (κ1) is 17.2. The smallest absolute Gasteiger partial charge is 0.193 e. The normalized spacial score (nSPS) is 24.0. The Morgan fingerprint density at radius 2 is 2.12 bits per heavy atom. The summed E-state index contributed by atoms with van der Waals surface area (Å²) in [5.41, 5.74) is 7.07. The number of nitrogens with two attached hydrogens (primary N) is 1. The largest absolute Gasteiger partial charge is 0.490 e. The summed E-state index contributed by atoms with van der Waals surface area (Å²) in [7, 11) is 4.24. The number of thioether (sulfide) groups is 1. The SMILES string of the molecule is CN(C)C1(CN=C(N)Nc2ccc3c(c2)OCCCO3)CCSC1. The Morgan fingerprint density at radius 3 is 2.83 bits per heavy atom. The second-order valence-corrected chi connectivity index (χ2v) is 7.56. The zero-order chi connectivity index (χ0) is 17.0. The van der Waals surface area contributed by atoms with E-state index in [9.17, 15) is 0 Å². The van der Waals surface area contributed by atoms with E-state index in [4.69, 9.17) is 15.2 Å². The molecule has 1 unspecified atom stereocenters. The van der Waals surface area contributed by atoms with E-state index in [1.54, 1.807) is 0 Å². The van der Waals surface area contributed by atoms with Gasteiger partial charge in [0.15, 0.2) is 17.5 Å². The van der Waals surface area contributed by atoms with E-state index in [0.717, 1.165) is 35.8 Å². The molecule has 0 bridgehead atoms. The van der Waals surface area contributed by atoms with E-state index in [2.05, 4.69) is 29.3 Å². The number of hydrogen-bond donors (Lipinski definition) is 2. The molecule has 2 aliphatic heterocycles. The summed E-state index contributed by atoms with van der Waals surface area (Å²) in [6, 6.07) is 5.75. The topological polar surface area (TPSA) is 72.1 Å². The predicted molar refractivity (Wildman–Crippen MR) is 101 cm³/mol. The summed E-state index contributed by atoms with van der Waals surface area (Å²) >= 11 is 1.98. The van der Waals surface area contributed by atoms with E-state index >= 15 is 0 Å². The average Bonchev–Trinajstić information content (AvgIpc) is 2.93. The van der Waals surface area contributed by atoms with Crippen molar-refractivity contribution in [2.75, 3.05) is 50.7 Å². The number of nitrogens with zero attached hydrogens (tertiary/aromatic N) is 2. The van der Waals surface area contributed by atoms with Gasteiger partial charge in [-0.1, -0.05) is 0 Å².